The van der Waals surface area contributed by atoms with E-state index in [1.807, 2.05) is 6.07 Å². The van der Waals surface area contributed by atoms with Crippen molar-refractivity contribution in [1.29, 1.82) is 0 Å². The molecule has 3 rings (SSSR count). The smallest absolute Gasteiger partial charge is 0.223 e. The van der Waals surface area contributed by atoms with Crippen molar-refractivity contribution in [2.45, 2.75) is 53.5 Å². The average molecular weight is 299 g/mol. The van der Waals surface area contributed by atoms with Gasteiger partial charge in [-0.3, -0.25) is 10.1 Å². The molecule has 4 atom stereocenters. The second-order valence-electron chi connectivity index (χ2n) is 7.78. The lowest BCUT2D eigenvalue weighted by molar-refractivity contribution is -0.538. The van der Waals surface area contributed by atoms with E-state index in [-0.39, 0.29) is 21.2 Å². The van der Waals surface area contributed by atoms with Crippen molar-refractivity contribution in [3.63, 3.8) is 0 Å². The van der Waals surface area contributed by atoms with Crippen LogP contribution in [-0.2, 0) is 6.42 Å². The lowest BCUT2D eigenvalue weighted by atomic mass is 9.58. The summed E-state index contributed by atoms with van der Waals surface area (Å²) in [4.78, 5) is 11.7. The second kappa shape index (κ2) is 4.43. The predicted molar refractivity (Wildman–Crippen MR) is 88.2 cm³/mol. The van der Waals surface area contributed by atoms with Crippen LogP contribution in [0.5, 0.6) is 0 Å². The first kappa shape index (κ1) is 15.3. The highest BCUT2D eigenvalue weighted by Gasteiger charge is 2.75. The fourth-order valence-corrected chi connectivity index (χ4v) is 5.46. The maximum atomic E-state index is 11.7. The number of nitrogens with zero attached hydrogens (tertiary/aromatic N) is 1. The predicted octanol–water partition coefficient (Wildman–Crippen LogP) is 4.65. The Morgan fingerprint density at radius 2 is 1.73 bits per heavy atom. The van der Waals surface area contributed by atoms with E-state index < -0.39 is 6.04 Å². The molecule has 1 aromatic rings. The van der Waals surface area contributed by atoms with Gasteiger partial charge >= 0.3 is 0 Å². The number of benzene rings is 1. The van der Waals surface area contributed by atoms with Crippen LogP contribution in [0.2, 0.25) is 0 Å². The molecule has 118 valence electrons. The van der Waals surface area contributed by atoms with Gasteiger partial charge in [0, 0.05) is 16.8 Å². The first-order valence-electron chi connectivity index (χ1n) is 8.04. The molecule has 3 heteroatoms. The Morgan fingerprint density at radius 3 is 2.27 bits per heavy atom. The molecule has 1 saturated carbocycles. The van der Waals surface area contributed by atoms with Crippen molar-refractivity contribution in [2.24, 2.45) is 16.2 Å². The number of allylic oxidation sites excluding steroid dienone is 1. The molecule has 3 nitrogen and oxygen atoms in total. The number of fused-ring (bicyclic) bond motifs is 2. The molecule has 0 saturated heterocycles. The zero-order valence-electron chi connectivity index (χ0n) is 14.1. The molecule has 0 amide bonds. The van der Waals surface area contributed by atoms with Crippen molar-refractivity contribution >= 4 is 0 Å². The standard InChI is InChI=1S/C19H25NO2/c1-13-14(2)19(5)16(20(21)22)12-17(13,3)18(19,4)11-15-9-7-6-8-10-15/h6-10,16H,11-12H2,1-5H3/t16-,17-,18+,19-/m1/s1. The Labute approximate surface area is 132 Å². The summed E-state index contributed by atoms with van der Waals surface area (Å²) in [5.41, 5.74) is 3.29. The van der Waals surface area contributed by atoms with E-state index in [2.05, 4.69) is 58.9 Å². The van der Waals surface area contributed by atoms with Crippen molar-refractivity contribution in [1.82, 2.24) is 0 Å². The van der Waals surface area contributed by atoms with Gasteiger partial charge < -0.3 is 0 Å². The third kappa shape index (κ3) is 1.52. The molecule has 2 aliphatic carbocycles. The monoisotopic (exact) mass is 299 g/mol. The van der Waals surface area contributed by atoms with E-state index in [4.69, 9.17) is 0 Å². The van der Waals surface area contributed by atoms with Gasteiger partial charge in [0.1, 0.15) is 0 Å². The molecule has 0 radical (unpaired) electrons. The Hall–Kier alpha value is -1.64. The Kier molecular flexibility index (Phi) is 3.08. The maximum Gasteiger partial charge on any atom is 0.223 e. The minimum atomic E-state index is -0.477. The second-order valence-corrected chi connectivity index (χ2v) is 7.78. The summed E-state index contributed by atoms with van der Waals surface area (Å²) in [6.07, 6.45) is 1.54. The number of nitro groups is 1. The molecule has 1 aromatic carbocycles. The van der Waals surface area contributed by atoms with Crippen LogP contribution in [0.1, 0.15) is 46.6 Å². The minimum Gasteiger partial charge on any atom is -0.264 e. The van der Waals surface area contributed by atoms with Gasteiger partial charge in [0.2, 0.25) is 6.04 Å². The van der Waals surface area contributed by atoms with Gasteiger partial charge in [-0.15, -0.1) is 0 Å². The summed E-state index contributed by atoms with van der Waals surface area (Å²) in [6.45, 7) is 10.9. The normalized spacial score (nSPS) is 40.3. The third-order valence-electron chi connectivity index (χ3n) is 7.46. The van der Waals surface area contributed by atoms with Gasteiger partial charge in [-0.25, -0.2) is 0 Å². The topological polar surface area (TPSA) is 43.1 Å². The van der Waals surface area contributed by atoms with Gasteiger partial charge in [-0.05, 0) is 38.2 Å². The zero-order valence-corrected chi connectivity index (χ0v) is 14.1. The fourth-order valence-electron chi connectivity index (χ4n) is 5.46. The molecule has 0 aromatic heterocycles. The van der Waals surface area contributed by atoms with Crippen LogP contribution in [0.4, 0.5) is 0 Å². The van der Waals surface area contributed by atoms with E-state index in [1.54, 1.807) is 0 Å². The molecule has 0 unspecified atom stereocenters. The first-order valence-corrected chi connectivity index (χ1v) is 8.04. The minimum absolute atomic E-state index is 0.0373. The van der Waals surface area contributed by atoms with Gasteiger partial charge in [0.25, 0.3) is 0 Å². The summed E-state index contributed by atoms with van der Waals surface area (Å²) in [7, 11) is 0. The van der Waals surface area contributed by atoms with Crippen LogP contribution in [0.25, 0.3) is 0 Å². The summed E-state index contributed by atoms with van der Waals surface area (Å²) >= 11 is 0. The number of hydrogen-bond donors (Lipinski definition) is 0. The molecule has 2 bridgehead atoms. The van der Waals surface area contributed by atoms with Gasteiger partial charge in [-0.1, -0.05) is 55.3 Å². The van der Waals surface area contributed by atoms with Crippen LogP contribution in [0.3, 0.4) is 0 Å². The molecular formula is C19H25NO2. The zero-order chi connectivity index (χ0) is 16.3. The molecule has 1 fully saturated rings. The fraction of sp³-hybridized carbons (Fsp3) is 0.579. The van der Waals surface area contributed by atoms with E-state index >= 15 is 0 Å². The van der Waals surface area contributed by atoms with Crippen LogP contribution in [0.15, 0.2) is 41.5 Å². The van der Waals surface area contributed by atoms with E-state index in [9.17, 15) is 10.1 Å². The van der Waals surface area contributed by atoms with Gasteiger partial charge in [0.05, 0.1) is 5.41 Å². The summed E-state index contributed by atoms with van der Waals surface area (Å²) in [5, 5.41) is 11.7. The number of rotatable bonds is 3. The Bertz CT molecular complexity index is 665. The highest BCUT2D eigenvalue weighted by Crippen LogP contribution is 2.75. The van der Waals surface area contributed by atoms with E-state index in [0.29, 0.717) is 6.42 Å². The summed E-state index contributed by atoms with van der Waals surface area (Å²) < 4.78 is 0. The molecule has 0 spiro atoms. The third-order valence-corrected chi connectivity index (χ3v) is 7.46. The highest BCUT2D eigenvalue weighted by molar-refractivity contribution is 5.44. The lowest BCUT2D eigenvalue weighted by Crippen LogP contribution is -2.45. The van der Waals surface area contributed by atoms with Crippen molar-refractivity contribution in [3.8, 4) is 0 Å². The quantitative estimate of drug-likeness (QED) is 0.463. The Morgan fingerprint density at radius 1 is 1.14 bits per heavy atom. The largest absolute Gasteiger partial charge is 0.264 e. The van der Waals surface area contributed by atoms with Crippen LogP contribution in [-0.4, -0.2) is 11.0 Å². The molecule has 22 heavy (non-hydrogen) atoms. The van der Waals surface area contributed by atoms with Crippen molar-refractivity contribution in [3.05, 3.63) is 57.2 Å². The molecule has 0 heterocycles. The van der Waals surface area contributed by atoms with Gasteiger partial charge in [-0.2, -0.15) is 0 Å². The van der Waals surface area contributed by atoms with E-state index in [1.165, 1.54) is 16.7 Å². The summed E-state index contributed by atoms with van der Waals surface area (Å²) in [5.74, 6) is 0. The van der Waals surface area contributed by atoms with Crippen LogP contribution >= 0.6 is 0 Å². The van der Waals surface area contributed by atoms with Crippen LogP contribution in [0, 0.1) is 26.4 Å². The molecule has 0 aliphatic heterocycles. The van der Waals surface area contributed by atoms with Crippen LogP contribution < -0.4 is 0 Å². The SMILES string of the molecule is CC1=C(C)[C@]2(C)[C@H]([N+](=O)[O-])C[C@@]1(C)[C@]2(C)Cc1ccccc1. The lowest BCUT2D eigenvalue weighted by Gasteiger charge is -2.43. The van der Waals surface area contributed by atoms with Crippen molar-refractivity contribution in [2.75, 3.05) is 0 Å². The average Bonchev–Trinajstić information content (AvgIpc) is 2.71. The molecular weight excluding hydrogens is 274 g/mol. The van der Waals surface area contributed by atoms with E-state index in [0.717, 1.165) is 6.42 Å². The van der Waals surface area contributed by atoms with Crippen molar-refractivity contribution < 1.29 is 4.92 Å². The Balaban J connectivity index is 2.14. The molecule has 2 aliphatic rings. The molecule has 0 N–H and O–H groups in total. The highest BCUT2D eigenvalue weighted by atomic mass is 16.6. The summed E-state index contributed by atoms with van der Waals surface area (Å²) in [6, 6.07) is 9.93. The first-order chi connectivity index (χ1) is 10.2. The van der Waals surface area contributed by atoms with Gasteiger partial charge in [0.15, 0.2) is 0 Å². The number of hydrogen-bond acceptors (Lipinski definition) is 2. The maximum absolute atomic E-state index is 11.7.